The Bertz CT molecular complexity index is 380. The number of ether oxygens (including phenoxy) is 1. The summed E-state index contributed by atoms with van der Waals surface area (Å²) in [4.78, 5) is 11.9. The fourth-order valence-electron chi connectivity index (χ4n) is 2.13. The van der Waals surface area contributed by atoms with Crippen LogP contribution in [0.15, 0.2) is 30.3 Å². The highest BCUT2D eigenvalue weighted by molar-refractivity contribution is 5.85. The van der Waals surface area contributed by atoms with Crippen molar-refractivity contribution >= 4 is 18.3 Å². The molecule has 1 aromatic carbocycles. The minimum atomic E-state index is -0.144. The van der Waals surface area contributed by atoms with Crippen molar-refractivity contribution in [1.82, 2.24) is 5.32 Å². The number of carbonyl (C=O) groups is 1. The van der Waals surface area contributed by atoms with Crippen LogP contribution < -0.4 is 11.1 Å². The molecule has 1 unspecified atom stereocenters. The number of halogens is 1. The van der Waals surface area contributed by atoms with E-state index in [0.29, 0.717) is 19.8 Å². The van der Waals surface area contributed by atoms with Gasteiger partial charge in [0.15, 0.2) is 0 Å². The van der Waals surface area contributed by atoms with Gasteiger partial charge in [-0.15, -0.1) is 12.4 Å². The maximum atomic E-state index is 11.9. The molecule has 1 aliphatic rings. The second kappa shape index (κ2) is 8.15. The fraction of sp³-hybridized carbons (Fsp3) is 0.500. The number of nitrogens with two attached hydrogens (primary N) is 1. The summed E-state index contributed by atoms with van der Waals surface area (Å²) in [6.07, 6.45) is 1.62. The Morgan fingerprint density at radius 2 is 1.95 bits per heavy atom. The molecule has 0 spiro atoms. The predicted molar refractivity (Wildman–Crippen MR) is 77.2 cm³/mol. The van der Waals surface area contributed by atoms with E-state index in [1.54, 1.807) is 0 Å². The number of nitrogens with one attached hydrogen (secondary N) is 1. The largest absolute Gasteiger partial charge is 0.381 e. The van der Waals surface area contributed by atoms with Gasteiger partial charge in [-0.1, -0.05) is 30.3 Å². The lowest BCUT2D eigenvalue weighted by molar-refractivity contribution is -0.127. The Morgan fingerprint density at radius 1 is 1.32 bits per heavy atom. The van der Waals surface area contributed by atoms with Crippen LogP contribution in [0.2, 0.25) is 0 Å². The van der Waals surface area contributed by atoms with E-state index in [-0.39, 0.29) is 30.3 Å². The molecule has 106 valence electrons. The lowest BCUT2D eigenvalue weighted by atomic mass is 9.99. The number of amides is 1. The first-order chi connectivity index (χ1) is 8.77. The van der Waals surface area contributed by atoms with Gasteiger partial charge in [0.05, 0.1) is 0 Å². The molecule has 1 aliphatic heterocycles. The molecule has 0 saturated carbocycles. The molecule has 1 amide bonds. The number of hydrogen-bond donors (Lipinski definition) is 2. The first kappa shape index (κ1) is 16.0. The summed E-state index contributed by atoms with van der Waals surface area (Å²) in [6.45, 7) is 1.85. The summed E-state index contributed by atoms with van der Waals surface area (Å²) in [6, 6.07) is 9.67. The third kappa shape index (κ3) is 4.82. The molecule has 1 fully saturated rings. The molecule has 0 aliphatic carbocycles. The van der Waals surface area contributed by atoms with Crippen LogP contribution in [-0.2, 0) is 9.53 Å². The van der Waals surface area contributed by atoms with Crippen LogP contribution in [0.25, 0.3) is 0 Å². The number of hydrogen-bond acceptors (Lipinski definition) is 3. The zero-order valence-corrected chi connectivity index (χ0v) is 11.7. The van der Waals surface area contributed by atoms with Crippen LogP contribution in [0.3, 0.4) is 0 Å². The van der Waals surface area contributed by atoms with Gasteiger partial charge in [0.25, 0.3) is 0 Å². The van der Waals surface area contributed by atoms with E-state index in [9.17, 15) is 4.79 Å². The molecule has 1 atom stereocenters. The van der Waals surface area contributed by atoms with Crippen molar-refractivity contribution in [2.24, 2.45) is 11.7 Å². The summed E-state index contributed by atoms with van der Waals surface area (Å²) in [5, 5.41) is 2.93. The molecule has 0 aromatic heterocycles. The van der Waals surface area contributed by atoms with Crippen molar-refractivity contribution in [2.75, 3.05) is 19.8 Å². The molecule has 1 aromatic rings. The fourth-order valence-corrected chi connectivity index (χ4v) is 2.13. The third-order valence-electron chi connectivity index (χ3n) is 3.32. The average molecular weight is 285 g/mol. The van der Waals surface area contributed by atoms with Gasteiger partial charge in [-0.05, 0) is 18.4 Å². The predicted octanol–water partition coefficient (Wildman–Crippen LogP) is 1.65. The van der Waals surface area contributed by atoms with Crippen molar-refractivity contribution in [3.8, 4) is 0 Å². The monoisotopic (exact) mass is 284 g/mol. The second-order valence-electron chi connectivity index (χ2n) is 4.65. The first-order valence-electron chi connectivity index (χ1n) is 6.43. The van der Waals surface area contributed by atoms with Crippen LogP contribution in [0.4, 0.5) is 0 Å². The number of rotatable bonds is 4. The van der Waals surface area contributed by atoms with Gasteiger partial charge in [-0.2, -0.15) is 0 Å². The van der Waals surface area contributed by atoms with Crippen molar-refractivity contribution in [3.05, 3.63) is 35.9 Å². The van der Waals surface area contributed by atoms with E-state index in [4.69, 9.17) is 10.5 Å². The molecule has 4 nitrogen and oxygen atoms in total. The molecule has 3 N–H and O–H groups in total. The van der Waals surface area contributed by atoms with Gasteiger partial charge in [0.2, 0.25) is 5.91 Å². The third-order valence-corrected chi connectivity index (χ3v) is 3.32. The van der Waals surface area contributed by atoms with Crippen LogP contribution in [0.5, 0.6) is 0 Å². The van der Waals surface area contributed by atoms with Crippen LogP contribution >= 0.6 is 12.4 Å². The maximum Gasteiger partial charge on any atom is 0.223 e. The number of benzene rings is 1. The molecule has 5 heteroatoms. The summed E-state index contributed by atoms with van der Waals surface area (Å²) in [7, 11) is 0. The first-order valence-corrected chi connectivity index (χ1v) is 6.43. The molecular weight excluding hydrogens is 264 g/mol. The van der Waals surface area contributed by atoms with Crippen molar-refractivity contribution in [1.29, 1.82) is 0 Å². The Kier molecular flexibility index (Phi) is 6.84. The van der Waals surface area contributed by atoms with Crippen molar-refractivity contribution < 1.29 is 9.53 Å². The summed E-state index contributed by atoms with van der Waals surface area (Å²) in [5.41, 5.74) is 7.08. The van der Waals surface area contributed by atoms with E-state index in [0.717, 1.165) is 18.4 Å². The summed E-state index contributed by atoms with van der Waals surface area (Å²) >= 11 is 0. The van der Waals surface area contributed by atoms with Gasteiger partial charge in [0.1, 0.15) is 0 Å². The standard InChI is InChI=1S/C14H20N2O2.ClH/c15-13(11-4-2-1-3-5-11)10-16-14(17)12-6-8-18-9-7-12;/h1-5,12-13H,6-10,15H2,(H,16,17);1H. The van der Waals surface area contributed by atoms with Crippen molar-refractivity contribution in [2.45, 2.75) is 18.9 Å². The molecule has 0 radical (unpaired) electrons. The smallest absolute Gasteiger partial charge is 0.223 e. The molecule has 19 heavy (non-hydrogen) atoms. The SMILES string of the molecule is Cl.NC(CNC(=O)C1CCOCC1)c1ccccc1. The van der Waals surface area contributed by atoms with Gasteiger partial charge in [-0.25, -0.2) is 0 Å². The highest BCUT2D eigenvalue weighted by Gasteiger charge is 2.21. The second-order valence-corrected chi connectivity index (χ2v) is 4.65. The lowest BCUT2D eigenvalue weighted by Crippen LogP contribution is -2.38. The van der Waals surface area contributed by atoms with E-state index in [1.807, 2.05) is 30.3 Å². The minimum absolute atomic E-state index is 0. The zero-order chi connectivity index (χ0) is 12.8. The van der Waals surface area contributed by atoms with Crippen LogP contribution in [0.1, 0.15) is 24.4 Å². The van der Waals surface area contributed by atoms with Gasteiger partial charge in [0, 0.05) is 31.7 Å². The lowest BCUT2D eigenvalue weighted by Gasteiger charge is -2.22. The summed E-state index contributed by atoms with van der Waals surface area (Å²) in [5.74, 6) is 0.186. The minimum Gasteiger partial charge on any atom is -0.381 e. The maximum absolute atomic E-state index is 11.9. The van der Waals surface area contributed by atoms with Gasteiger partial charge in [-0.3, -0.25) is 4.79 Å². The highest BCUT2D eigenvalue weighted by atomic mass is 35.5. The quantitative estimate of drug-likeness (QED) is 0.884. The average Bonchev–Trinajstić information content (AvgIpc) is 2.46. The highest BCUT2D eigenvalue weighted by Crippen LogP contribution is 2.15. The Labute approximate surface area is 120 Å². The van der Waals surface area contributed by atoms with Gasteiger partial charge >= 0.3 is 0 Å². The Morgan fingerprint density at radius 3 is 2.58 bits per heavy atom. The van der Waals surface area contributed by atoms with Crippen molar-refractivity contribution in [3.63, 3.8) is 0 Å². The Hall–Kier alpha value is -1.10. The topological polar surface area (TPSA) is 64.3 Å². The van der Waals surface area contributed by atoms with Crippen LogP contribution in [0, 0.1) is 5.92 Å². The van der Waals surface area contributed by atoms with Crippen LogP contribution in [-0.4, -0.2) is 25.7 Å². The Balaban J connectivity index is 0.00000180. The molecule has 1 saturated heterocycles. The van der Waals surface area contributed by atoms with E-state index in [1.165, 1.54) is 0 Å². The molecular formula is C14H21ClN2O2. The van der Waals surface area contributed by atoms with E-state index in [2.05, 4.69) is 5.32 Å². The summed E-state index contributed by atoms with van der Waals surface area (Å²) < 4.78 is 5.24. The zero-order valence-electron chi connectivity index (χ0n) is 10.9. The molecule has 0 bridgehead atoms. The van der Waals surface area contributed by atoms with Gasteiger partial charge < -0.3 is 15.8 Å². The normalized spacial score (nSPS) is 17.3. The molecule has 2 rings (SSSR count). The van der Waals surface area contributed by atoms with E-state index < -0.39 is 0 Å². The number of carbonyl (C=O) groups excluding carboxylic acids is 1. The molecule has 1 heterocycles. The van der Waals surface area contributed by atoms with E-state index >= 15 is 0 Å².